The second kappa shape index (κ2) is 7.69. The van der Waals surface area contributed by atoms with Crippen molar-refractivity contribution in [2.24, 2.45) is 5.92 Å². The molecule has 1 aromatic heterocycles. The van der Waals surface area contributed by atoms with Crippen LogP contribution in [0.4, 0.5) is 11.6 Å². The third kappa shape index (κ3) is 4.28. The summed E-state index contributed by atoms with van der Waals surface area (Å²) in [6.45, 7) is 1.84. The SMILES string of the molecule is O=C(NCc1ccccc1)C1CCN(c2ncc([N+](=O)[O-])cn2)CC1. The largest absolute Gasteiger partial charge is 0.352 e. The lowest BCUT2D eigenvalue weighted by molar-refractivity contribution is -0.385. The molecular weight excluding hydrogens is 322 g/mol. The fourth-order valence-corrected chi connectivity index (χ4v) is 2.84. The summed E-state index contributed by atoms with van der Waals surface area (Å²) in [5.41, 5.74) is 0.950. The Labute approximate surface area is 145 Å². The maximum Gasteiger partial charge on any atom is 0.305 e. The molecule has 0 saturated carbocycles. The van der Waals surface area contributed by atoms with Crippen LogP contribution in [0.1, 0.15) is 18.4 Å². The predicted octanol–water partition coefficient (Wildman–Crippen LogP) is 1.92. The molecule has 2 aromatic rings. The highest BCUT2D eigenvalue weighted by molar-refractivity contribution is 5.78. The predicted molar refractivity (Wildman–Crippen MR) is 91.9 cm³/mol. The number of hydrogen-bond acceptors (Lipinski definition) is 6. The third-order valence-electron chi connectivity index (χ3n) is 4.29. The van der Waals surface area contributed by atoms with E-state index in [1.165, 1.54) is 12.4 Å². The summed E-state index contributed by atoms with van der Waals surface area (Å²) in [5.74, 6) is 0.500. The molecule has 130 valence electrons. The first kappa shape index (κ1) is 16.8. The van der Waals surface area contributed by atoms with Gasteiger partial charge < -0.3 is 10.2 Å². The van der Waals surface area contributed by atoms with Crippen LogP contribution in [0.2, 0.25) is 0 Å². The zero-order valence-electron chi connectivity index (χ0n) is 13.7. The summed E-state index contributed by atoms with van der Waals surface area (Å²) in [5, 5.41) is 13.6. The highest BCUT2D eigenvalue weighted by Gasteiger charge is 2.26. The normalized spacial score (nSPS) is 15.0. The van der Waals surface area contributed by atoms with Crippen LogP contribution >= 0.6 is 0 Å². The molecule has 1 fully saturated rings. The van der Waals surface area contributed by atoms with Crippen molar-refractivity contribution >= 4 is 17.5 Å². The zero-order valence-corrected chi connectivity index (χ0v) is 13.7. The van der Waals surface area contributed by atoms with Gasteiger partial charge in [0.1, 0.15) is 12.4 Å². The molecule has 1 saturated heterocycles. The molecule has 3 rings (SSSR count). The number of rotatable bonds is 5. The van der Waals surface area contributed by atoms with Gasteiger partial charge in [-0.3, -0.25) is 14.9 Å². The van der Waals surface area contributed by atoms with Crippen molar-refractivity contribution < 1.29 is 9.72 Å². The van der Waals surface area contributed by atoms with Gasteiger partial charge in [-0.25, -0.2) is 9.97 Å². The van der Waals surface area contributed by atoms with Crippen molar-refractivity contribution in [3.05, 3.63) is 58.4 Å². The number of nitrogens with zero attached hydrogens (tertiary/aromatic N) is 4. The first-order valence-corrected chi connectivity index (χ1v) is 8.16. The Bertz CT molecular complexity index is 728. The average molecular weight is 341 g/mol. The van der Waals surface area contributed by atoms with Crippen molar-refractivity contribution in [2.45, 2.75) is 19.4 Å². The Kier molecular flexibility index (Phi) is 5.17. The number of benzene rings is 1. The minimum Gasteiger partial charge on any atom is -0.352 e. The van der Waals surface area contributed by atoms with Gasteiger partial charge in [0.2, 0.25) is 11.9 Å². The molecule has 0 bridgehead atoms. The van der Waals surface area contributed by atoms with Crippen molar-refractivity contribution in [3.63, 3.8) is 0 Å². The molecule has 1 aliphatic rings. The van der Waals surface area contributed by atoms with E-state index in [2.05, 4.69) is 15.3 Å². The van der Waals surface area contributed by atoms with Crippen LogP contribution in [0, 0.1) is 16.0 Å². The van der Waals surface area contributed by atoms with Gasteiger partial charge in [0.25, 0.3) is 0 Å². The molecule has 1 N–H and O–H groups in total. The second-order valence-electron chi connectivity index (χ2n) is 5.96. The highest BCUT2D eigenvalue weighted by atomic mass is 16.6. The Morgan fingerprint density at radius 2 is 1.84 bits per heavy atom. The zero-order chi connectivity index (χ0) is 17.6. The molecule has 1 aromatic carbocycles. The van der Waals surface area contributed by atoms with Gasteiger partial charge in [0.05, 0.1) is 4.92 Å². The second-order valence-corrected chi connectivity index (χ2v) is 5.96. The van der Waals surface area contributed by atoms with E-state index >= 15 is 0 Å². The van der Waals surface area contributed by atoms with Crippen molar-refractivity contribution in [1.29, 1.82) is 0 Å². The van der Waals surface area contributed by atoms with E-state index in [-0.39, 0.29) is 17.5 Å². The van der Waals surface area contributed by atoms with E-state index in [1.54, 1.807) is 0 Å². The van der Waals surface area contributed by atoms with Gasteiger partial charge in [0.15, 0.2) is 0 Å². The molecule has 0 atom stereocenters. The molecule has 0 radical (unpaired) electrons. The fraction of sp³-hybridized carbons (Fsp3) is 0.353. The molecule has 8 nitrogen and oxygen atoms in total. The minimum absolute atomic E-state index is 0.0296. The van der Waals surface area contributed by atoms with E-state index < -0.39 is 4.92 Å². The monoisotopic (exact) mass is 341 g/mol. The molecule has 0 spiro atoms. The minimum atomic E-state index is -0.521. The van der Waals surface area contributed by atoms with Crippen molar-refractivity contribution in [1.82, 2.24) is 15.3 Å². The van der Waals surface area contributed by atoms with E-state index in [0.717, 1.165) is 5.56 Å². The number of anilines is 1. The smallest absolute Gasteiger partial charge is 0.305 e. The van der Waals surface area contributed by atoms with Crippen LogP contribution in [0.3, 0.4) is 0 Å². The first-order valence-electron chi connectivity index (χ1n) is 8.16. The van der Waals surface area contributed by atoms with Gasteiger partial charge >= 0.3 is 5.69 Å². The summed E-state index contributed by atoms with van der Waals surface area (Å²) in [6.07, 6.45) is 3.84. The molecule has 0 unspecified atom stereocenters. The van der Waals surface area contributed by atoms with Gasteiger partial charge in [-0.15, -0.1) is 0 Å². The van der Waals surface area contributed by atoms with Gasteiger partial charge in [-0.1, -0.05) is 30.3 Å². The van der Waals surface area contributed by atoms with E-state index in [1.807, 2.05) is 35.2 Å². The maximum absolute atomic E-state index is 12.3. The van der Waals surface area contributed by atoms with Crippen LogP contribution in [0.15, 0.2) is 42.7 Å². The number of amides is 1. The Morgan fingerprint density at radius 3 is 2.44 bits per heavy atom. The summed E-state index contributed by atoms with van der Waals surface area (Å²) in [6, 6.07) is 9.80. The van der Waals surface area contributed by atoms with Crippen LogP contribution in [0.5, 0.6) is 0 Å². The van der Waals surface area contributed by atoms with E-state index in [4.69, 9.17) is 0 Å². The fourth-order valence-electron chi connectivity index (χ4n) is 2.84. The highest BCUT2D eigenvalue weighted by Crippen LogP contribution is 2.21. The number of carbonyl (C=O) groups excluding carboxylic acids is 1. The number of nitro groups is 1. The van der Waals surface area contributed by atoms with Crippen LogP contribution < -0.4 is 10.2 Å². The number of carbonyl (C=O) groups is 1. The Balaban J connectivity index is 1.49. The van der Waals surface area contributed by atoms with Crippen molar-refractivity contribution in [3.8, 4) is 0 Å². The molecule has 8 heteroatoms. The van der Waals surface area contributed by atoms with Crippen LogP contribution in [-0.2, 0) is 11.3 Å². The number of nitrogens with one attached hydrogen (secondary N) is 1. The lowest BCUT2D eigenvalue weighted by Gasteiger charge is -2.31. The van der Waals surface area contributed by atoms with E-state index in [9.17, 15) is 14.9 Å². The summed E-state index contributed by atoms with van der Waals surface area (Å²) in [4.78, 5) is 32.4. The maximum atomic E-state index is 12.3. The first-order chi connectivity index (χ1) is 12.1. The standard InChI is InChI=1S/C17H19N5O3/c23-16(18-10-13-4-2-1-3-5-13)14-6-8-21(9-7-14)17-19-11-15(12-20-17)22(24)25/h1-5,11-12,14H,6-10H2,(H,18,23). The average Bonchev–Trinajstić information content (AvgIpc) is 2.67. The summed E-state index contributed by atoms with van der Waals surface area (Å²) >= 11 is 0. The Morgan fingerprint density at radius 1 is 1.20 bits per heavy atom. The summed E-state index contributed by atoms with van der Waals surface area (Å²) in [7, 11) is 0. The topological polar surface area (TPSA) is 101 Å². The van der Waals surface area contributed by atoms with Crippen LogP contribution in [0.25, 0.3) is 0 Å². The van der Waals surface area contributed by atoms with Gasteiger partial charge in [-0.05, 0) is 18.4 Å². The third-order valence-corrected chi connectivity index (χ3v) is 4.29. The van der Waals surface area contributed by atoms with E-state index in [0.29, 0.717) is 38.4 Å². The number of piperidine rings is 1. The van der Waals surface area contributed by atoms with Gasteiger partial charge in [-0.2, -0.15) is 0 Å². The van der Waals surface area contributed by atoms with Crippen LogP contribution in [-0.4, -0.2) is 33.9 Å². The quantitative estimate of drug-likeness (QED) is 0.658. The molecule has 2 heterocycles. The Hall–Kier alpha value is -3.03. The molecule has 1 amide bonds. The molecular formula is C17H19N5O3. The lowest BCUT2D eigenvalue weighted by atomic mass is 9.96. The van der Waals surface area contributed by atoms with Crippen molar-refractivity contribution in [2.75, 3.05) is 18.0 Å². The van der Waals surface area contributed by atoms with Gasteiger partial charge in [0, 0.05) is 25.6 Å². The lowest BCUT2D eigenvalue weighted by Crippen LogP contribution is -2.41. The molecule has 0 aliphatic carbocycles. The number of aromatic nitrogens is 2. The molecule has 1 aliphatic heterocycles. The summed E-state index contributed by atoms with van der Waals surface area (Å²) < 4.78 is 0. The molecule has 25 heavy (non-hydrogen) atoms. The number of hydrogen-bond donors (Lipinski definition) is 1.